The molecule has 0 aliphatic heterocycles. The molecule has 0 radical (unpaired) electrons. The van der Waals surface area contributed by atoms with E-state index in [2.05, 4.69) is 22.8 Å². The first kappa shape index (κ1) is 17.6. The first-order valence-corrected chi connectivity index (χ1v) is 8.29. The van der Waals surface area contributed by atoms with Crippen LogP contribution in [0.3, 0.4) is 0 Å². The van der Waals surface area contributed by atoms with Gasteiger partial charge in [0, 0.05) is 28.8 Å². The molecule has 1 fully saturated rings. The van der Waals surface area contributed by atoms with E-state index in [-0.39, 0.29) is 5.69 Å². The third-order valence-corrected chi connectivity index (χ3v) is 4.54. The van der Waals surface area contributed by atoms with E-state index in [0.29, 0.717) is 27.7 Å². The Labute approximate surface area is 145 Å². The Balaban J connectivity index is 1.92. The van der Waals surface area contributed by atoms with E-state index in [9.17, 15) is 10.1 Å². The molecule has 2 N–H and O–H groups in total. The van der Waals surface area contributed by atoms with E-state index in [1.807, 2.05) is 0 Å². The number of nitro groups is 1. The monoisotopic (exact) mass is 354 g/mol. The standard InChI is InChI=1S/C15H19ClN4O2S/c1-10-4-2-3-5-14(10)18-15(23)19-17-9-11-8-12(20(21)22)6-7-13(11)16/h6-10,14H,2-5H2,1H3,(H2,18,19,23)/b17-9-/t10-,14-/m1/s1. The second-order valence-corrected chi connectivity index (χ2v) is 6.49. The summed E-state index contributed by atoms with van der Waals surface area (Å²) in [6, 6.07) is 4.55. The summed E-state index contributed by atoms with van der Waals surface area (Å²) in [5.74, 6) is 0.582. The van der Waals surface area contributed by atoms with Gasteiger partial charge in [0.2, 0.25) is 0 Å². The van der Waals surface area contributed by atoms with Gasteiger partial charge in [0.25, 0.3) is 5.69 Å². The molecule has 0 aromatic heterocycles. The van der Waals surface area contributed by atoms with Crippen LogP contribution in [-0.4, -0.2) is 22.3 Å². The molecule has 1 aromatic carbocycles. The van der Waals surface area contributed by atoms with Crippen molar-refractivity contribution in [3.8, 4) is 0 Å². The summed E-state index contributed by atoms with van der Waals surface area (Å²) in [7, 11) is 0. The van der Waals surface area contributed by atoms with Crippen LogP contribution in [0.25, 0.3) is 0 Å². The van der Waals surface area contributed by atoms with E-state index in [1.54, 1.807) is 0 Å². The van der Waals surface area contributed by atoms with Gasteiger partial charge in [-0.05, 0) is 37.0 Å². The van der Waals surface area contributed by atoms with Crippen molar-refractivity contribution in [1.29, 1.82) is 0 Å². The Morgan fingerprint density at radius 2 is 2.22 bits per heavy atom. The van der Waals surface area contributed by atoms with Crippen LogP contribution >= 0.6 is 23.8 Å². The number of nitrogens with one attached hydrogen (secondary N) is 2. The normalized spacial score (nSPS) is 21.1. The maximum Gasteiger partial charge on any atom is 0.270 e. The molecule has 0 amide bonds. The molecule has 0 saturated heterocycles. The number of hydrazone groups is 1. The van der Waals surface area contributed by atoms with Gasteiger partial charge in [0.05, 0.1) is 11.1 Å². The molecule has 8 heteroatoms. The summed E-state index contributed by atoms with van der Waals surface area (Å²) in [6.07, 6.45) is 6.20. The van der Waals surface area contributed by atoms with Crippen molar-refractivity contribution in [3.05, 3.63) is 38.9 Å². The van der Waals surface area contributed by atoms with Crippen LogP contribution in [-0.2, 0) is 0 Å². The SMILES string of the molecule is C[C@@H]1CCCC[C@H]1NC(=S)N/N=C\c1cc([N+](=O)[O-])ccc1Cl. The van der Waals surface area contributed by atoms with Gasteiger partial charge >= 0.3 is 0 Å². The highest BCUT2D eigenvalue weighted by molar-refractivity contribution is 7.80. The number of nitro benzene ring substituents is 1. The van der Waals surface area contributed by atoms with Crippen molar-refractivity contribution in [2.75, 3.05) is 0 Å². The Morgan fingerprint density at radius 3 is 2.91 bits per heavy atom. The zero-order chi connectivity index (χ0) is 16.8. The first-order chi connectivity index (χ1) is 11.0. The van der Waals surface area contributed by atoms with Gasteiger partial charge in [-0.3, -0.25) is 15.5 Å². The van der Waals surface area contributed by atoms with Crippen LogP contribution in [0.5, 0.6) is 0 Å². The van der Waals surface area contributed by atoms with E-state index in [4.69, 9.17) is 23.8 Å². The van der Waals surface area contributed by atoms with Crippen LogP contribution in [0.4, 0.5) is 5.69 Å². The topological polar surface area (TPSA) is 79.6 Å². The minimum Gasteiger partial charge on any atom is -0.358 e. The van der Waals surface area contributed by atoms with Gasteiger partial charge < -0.3 is 5.32 Å². The van der Waals surface area contributed by atoms with Gasteiger partial charge in [0.1, 0.15) is 0 Å². The average Bonchev–Trinajstić information content (AvgIpc) is 2.51. The number of thiocarbonyl (C=S) groups is 1. The molecule has 2 atom stereocenters. The Morgan fingerprint density at radius 1 is 1.48 bits per heavy atom. The molecule has 1 aliphatic rings. The van der Waals surface area contributed by atoms with Crippen molar-refractivity contribution in [2.24, 2.45) is 11.0 Å². The van der Waals surface area contributed by atoms with E-state index in [1.165, 1.54) is 43.7 Å². The molecule has 6 nitrogen and oxygen atoms in total. The number of benzene rings is 1. The molecule has 0 spiro atoms. The summed E-state index contributed by atoms with van der Waals surface area (Å²) >= 11 is 11.2. The van der Waals surface area contributed by atoms with Crippen molar-refractivity contribution in [2.45, 2.75) is 38.6 Å². The van der Waals surface area contributed by atoms with E-state index in [0.717, 1.165) is 6.42 Å². The fraction of sp³-hybridized carbons (Fsp3) is 0.467. The zero-order valence-corrected chi connectivity index (χ0v) is 14.4. The number of rotatable bonds is 4. The molecular formula is C15H19ClN4O2S. The maximum absolute atomic E-state index is 10.8. The number of hydrogen-bond acceptors (Lipinski definition) is 4. The molecule has 1 saturated carbocycles. The minimum absolute atomic E-state index is 0.0346. The summed E-state index contributed by atoms with van der Waals surface area (Å²) in [6.45, 7) is 2.21. The summed E-state index contributed by atoms with van der Waals surface area (Å²) in [5.41, 5.74) is 3.16. The van der Waals surface area contributed by atoms with E-state index >= 15 is 0 Å². The predicted molar refractivity (Wildman–Crippen MR) is 96.0 cm³/mol. The molecule has 2 rings (SSSR count). The second kappa shape index (κ2) is 8.21. The molecule has 1 aliphatic carbocycles. The quantitative estimate of drug-likeness (QED) is 0.373. The third-order valence-electron chi connectivity index (χ3n) is 3.99. The fourth-order valence-electron chi connectivity index (χ4n) is 2.64. The largest absolute Gasteiger partial charge is 0.358 e. The lowest BCUT2D eigenvalue weighted by atomic mass is 9.86. The van der Waals surface area contributed by atoms with Gasteiger partial charge in [-0.2, -0.15) is 5.10 Å². The number of hydrogen-bond donors (Lipinski definition) is 2. The number of nitrogens with zero attached hydrogens (tertiary/aromatic N) is 2. The predicted octanol–water partition coefficient (Wildman–Crippen LogP) is 3.62. The second-order valence-electron chi connectivity index (χ2n) is 5.67. The lowest BCUT2D eigenvalue weighted by molar-refractivity contribution is -0.384. The lowest BCUT2D eigenvalue weighted by Crippen LogP contribution is -2.44. The molecule has 1 aromatic rings. The molecule has 0 bridgehead atoms. The molecule has 0 heterocycles. The van der Waals surface area contributed by atoms with Crippen molar-refractivity contribution in [1.82, 2.24) is 10.7 Å². The highest BCUT2D eigenvalue weighted by Gasteiger charge is 2.21. The Kier molecular flexibility index (Phi) is 6.29. The molecular weight excluding hydrogens is 336 g/mol. The first-order valence-electron chi connectivity index (χ1n) is 7.51. The van der Waals surface area contributed by atoms with Crippen LogP contribution in [0.2, 0.25) is 5.02 Å². The van der Waals surface area contributed by atoms with Gasteiger partial charge in [-0.15, -0.1) is 0 Å². The molecule has 124 valence electrons. The van der Waals surface area contributed by atoms with Crippen LogP contribution < -0.4 is 10.7 Å². The average molecular weight is 355 g/mol. The number of non-ortho nitro benzene ring substituents is 1. The lowest BCUT2D eigenvalue weighted by Gasteiger charge is -2.30. The highest BCUT2D eigenvalue weighted by Crippen LogP contribution is 2.23. The van der Waals surface area contributed by atoms with Gasteiger partial charge in [0.15, 0.2) is 5.11 Å². The van der Waals surface area contributed by atoms with Crippen molar-refractivity contribution >= 4 is 40.8 Å². The highest BCUT2D eigenvalue weighted by atomic mass is 35.5. The van der Waals surface area contributed by atoms with Crippen LogP contribution in [0.1, 0.15) is 38.2 Å². The van der Waals surface area contributed by atoms with Gasteiger partial charge in [-0.25, -0.2) is 0 Å². The molecule has 0 unspecified atom stereocenters. The summed E-state index contributed by atoms with van der Waals surface area (Å²) in [4.78, 5) is 10.3. The molecule has 23 heavy (non-hydrogen) atoms. The van der Waals surface area contributed by atoms with Crippen molar-refractivity contribution < 1.29 is 4.92 Å². The third kappa shape index (κ3) is 5.14. The minimum atomic E-state index is -0.474. The van der Waals surface area contributed by atoms with Crippen LogP contribution in [0, 0.1) is 16.0 Å². The fourth-order valence-corrected chi connectivity index (χ4v) is 3.01. The Hall–Kier alpha value is -1.73. The summed E-state index contributed by atoms with van der Waals surface area (Å²) < 4.78 is 0. The zero-order valence-electron chi connectivity index (χ0n) is 12.8. The van der Waals surface area contributed by atoms with Crippen molar-refractivity contribution in [3.63, 3.8) is 0 Å². The number of halogens is 1. The van der Waals surface area contributed by atoms with Gasteiger partial charge in [-0.1, -0.05) is 31.4 Å². The summed E-state index contributed by atoms with van der Waals surface area (Å²) in [5, 5.41) is 18.9. The van der Waals surface area contributed by atoms with E-state index < -0.39 is 4.92 Å². The smallest absolute Gasteiger partial charge is 0.270 e. The Bertz CT molecular complexity index is 623. The van der Waals surface area contributed by atoms with Crippen LogP contribution in [0.15, 0.2) is 23.3 Å². The maximum atomic E-state index is 10.8.